The molecule has 0 spiro atoms. The first kappa shape index (κ1) is 17.3. The Morgan fingerprint density at radius 1 is 1.41 bits per heavy atom. The maximum absolute atomic E-state index is 10.8. The van der Waals surface area contributed by atoms with Crippen LogP contribution in [-0.2, 0) is 4.79 Å². The normalized spacial score (nSPS) is 39.1. The summed E-state index contributed by atoms with van der Waals surface area (Å²) in [5, 5.41) is 8.92. The van der Waals surface area contributed by atoms with Gasteiger partial charge in [-0.3, -0.25) is 0 Å². The Hall–Kier alpha value is -1.05. The van der Waals surface area contributed by atoms with E-state index in [2.05, 4.69) is 33.8 Å². The van der Waals surface area contributed by atoms with Crippen molar-refractivity contribution in [2.45, 2.75) is 73.1 Å². The summed E-state index contributed by atoms with van der Waals surface area (Å²) in [5.74, 6) is 0.626. The smallest absolute Gasteiger partial charge is 0.328 e. The molecule has 0 bridgehead atoms. The third kappa shape index (κ3) is 3.02. The van der Waals surface area contributed by atoms with Gasteiger partial charge in [0, 0.05) is 6.08 Å². The van der Waals surface area contributed by atoms with Gasteiger partial charge in [-0.25, -0.2) is 4.79 Å². The fourth-order valence-electron chi connectivity index (χ4n) is 5.08. The summed E-state index contributed by atoms with van der Waals surface area (Å²) in [6.07, 6.45) is 10.9. The predicted octanol–water partition coefficient (Wildman–Crippen LogP) is 5.60. The Morgan fingerprint density at radius 2 is 2.09 bits per heavy atom. The minimum Gasteiger partial charge on any atom is -0.478 e. The van der Waals surface area contributed by atoms with Gasteiger partial charge in [-0.05, 0) is 75.0 Å². The standard InChI is InChI=1S/C20H32O2/c1-14(13-18(21)22)9-11-19(4)16(3)10-12-20(5)15(2)7-6-8-17(19)20/h7,13,16-17H,6,8-12H2,1-5H3,(H,21,22)/b14-13+/t16-,17+,19+,20+/m1/s1. The fourth-order valence-corrected chi connectivity index (χ4v) is 5.08. The summed E-state index contributed by atoms with van der Waals surface area (Å²) in [4.78, 5) is 10.8. The highest BCUT2D eigenvalue weighted by atomic mass is 16.4. The van der Waals surface area contributed by atoms with Crippen molar-refractivity contribution in [3.05, 3.63) is 23.3 Å². The highest BCUT2D eigenvalue weighted by Crippen LogP contribution is 2.61. The van der Waals surface area contributed by atoms with Crippen molar-refractivity contribution in [2.24, 2.45) is 22.7 Å². The lowest BCUT2D eigenvalue weighted by molar-refractivity contribution is -0.131. The highest BCUT2D eigenvalue weighted by molar-refractivity contribution is 5.80. The van der Waals surface area contributed by atoms with Crippen LogP contribution >= 0.6 is 0 Å². The molecule has 2 aliphatic carbocycles. The first-order valence-electron chi connectivity index (χ1n) is 8.77. The summed E-state index contributed by atoms with van der Waals surface area (Å²) in [5.41, 5.74) is 3.25. The number of allylic oxidation sites excluding steroid dienone is 3. The molecule has 1 N–H and O–H groups in total. The molecule has 22 heavy (non-hydrogen) atoms. The SMILES string of the molecule is CC1=CCC[C@H]2[C@@](C)(CC/C(C)=C/C(=O)O)[C@H](C)CC[C@@]12C. The van der Waals surface area contributed by atoms with E-state index in [9.17, 15) is 4.79 Å². The first-order chi connectivity index (χ1) is 10.2. The molecule has 0 aliphatic heterocycles. The Labute approximate surface area is 135 Å². The van der Waals surface area contributed by atoms with Gasteiger partial charge in [0.2, 0.25) is 0 Å². The number of carboxylic acids is 1. The average molecular weight is 304 g/mol. The number of hydrogen-bond donors (Lipinski definition) is 1. The van der Waals surface area contributed by atoms with Gasteiger partial charge in [-0.2, -0.15) is 0 Å². The summed E-state index contributed by atoms with van der Waals surface area (Å²) >= 11 is 0. The van der Waals surface area contributed by atoms with Crippen molar-refractivity contribution < 1.29 is 9.90 Å². The van der Waals surface area contributed by atoms with E-state index in [1.807, 2.05) is 6.92 Å². The zero-order valence-corrected chi connectivity index (χ0v) is 14.9. The number of fused-ring (bicyclic) bond motifs is 1. The fraction of sp³-hybridized carbons (Fsp3) is 0.750. The molecule has 124 valence electrons. The molecule has 0 aromatic heterocycles. The van der Waals surface area contributed by atoms with Gasteiger partial charge in [-0.1, -0.05) is 38.0 Å². The quantitative estimate of drug-likeness (QED) is 0.542. The zero-order valence-electron chi connectivity index (χ0n) is 14.9. The number of hydrogen-bond acceptors (Lipinski definition) is 1. The third-order valence-electron chi connectivity index (χ3n) is 7.02. The first-order valence-corrected chi connectivity index (χ1v) is 8.77. The van der Waals surface area contributed by atoms with Crippen LogP contribution in [0.2, 0.25) is 0 Å². The molecule has 0 saturated heterocycles. The molecule has 0 aromatic carbocycles. The maximum atomic E-state index is 10.8. The van der Waals surface area contributed by atoms with Gasteiger partial charge in [0.1, 0.15) is 0 Å². The minimum atomic E-state index is -0.819. The van der Waals surface area contributed by atoms with Crippen LogP contribution < -0.4 is 0 Å². The van der Waals surface area contributed by atoms with E-state index in [4.69, 9.17) is 5.11 Å². The highest BCUT2D eigenvalue weighted by Gasteiger charge is 2.52. The van der Waals surface area contributed by atoms with Gasteiger partial charge in [0.05, 0.1) is 0 Å². The minimum absolute atomic E-state index is 0.316. The molecule has 0 radical (unpaired) electrons. The van der Waals surface area contributed by atoms with Crippen LogP contribution in [0.15, 0.2) is 23.3 Å². The molecule has 4 atom stereocenters. The second-order valence-electron chi connectivity index (χ2n) is 8.21. The van der Waals surface area contributed by atoms with Gasteiger partial charge in [0.15, 0.2) is 0 Å². The van der Waals surface area contributed by atoms with E-state index in [1.165, 1.54) is 31.8 Å². The second-order valence-corrected chi connectivity index (χ2v) is 8.21. The number of carbonyl (C=O) groups is 1. The van der Waals surface area contributed by atoms with Crippen LogP contribution in [0.4, 0.5) is 0 Å². The largest absolute Gasteiger partial charge is 0.478 e. The van der Waals surface area contributed by atoms with E-state index in [1.54, 1.807) is 5.57 Å². The van der Waals surface area contributed by atoms with Crippen LogP contribution in [-0.4, -0.2) is 11.1 Å². The zero-order chi connectivity index (χ0) is 16.5. The molecule has 1 saturated carbocycles. The lowest BCUT2D eigenvalue weighted by Gasteiger charge is -2.58. The topological polar surface area (TPSA) is 37.3 Å². The van der Waals surface area contributed by atoms with E-state index in [0.717, 1.165) is 24.3 Å². The Kier molecular flexibility index (Phi) is 4.89. The Bertz CT molecular complexity index is 502. The predicted molar refractivity (Wildman–Crippen MR) is 91.7 cm³/mol. The van der Waals surface area contributed by atoms with Crippen molar-refractivity contribution in [1.29, 1.82) is 0 Å². The molecule has 0 aromatic rings. The van der Waals surface area contributed by atoms with Crippen LogP contribution in [0.3, 0.4) is 0 Å². The van der Waals surface area contributed by atoms with Crippen LogP contribution in [0.5, 0.6) is 0 Å². The molecule has 1 fully saturated rings. The van der Waals surface area contributed by atoms with Gasteiger partial charge < -0.3 is 5.11 Å². The van der Waals surface area contributed by atoms with Crippen molar-refractivity contribution >= 4 is 5.97 Å². The molecular weight excluding hydrogens is 272 g/mol. The third-order valence-corrected chi connectivity index (χ3v) is 7.02. The summed E-state index contributed by atoms with van der Waals surface area (Å²) in [6, 6.07) is 0. The van der Waals surface area contributed by atoms with Crippen LogP contribution in [0, 0.1) is 22.7 Å². The van der Waals surface area contributed by atoms with Gasteiger partial charge in [0.25, 0.3) is 0 Å². The molecule has 0 amide bonds. The summed E-state index contributed by atoms with van der Waals surface area (Å²) < 4.78 is 0. The van der Waals surface area contributed by atoms with Crippen molar-refractivity contribution in [3.63, 3.8) is 0 Å². The van der Waals surface area contributed by atoms with Crippen molar-refractivity contribution in [3.8, 4) is 0 Å². The second kappa shape index (κ2) is 6.22. The molecule has 2 aliphatic rings. The summed E-state index contributed by atoms with van der Waals surface area (Å²) in [7, 11) is 0. The molecule has 2 nitrogen and oxygen atoms in total. The van der Waals surface area contributed by atoms with E-state index < -0.39 is 5.97 Å². The average Bonchev–Trinajstić information content (AvgIpc) is 2.43. The van der Waals surface area contributed by atoms with Gasteiger partial charge >= 0.3 is 5.97 Å². The molecule has 2 heteroatoms. The molecule has 0 heterocycles. The van der Waals surface area contributed by atoms with Crippen LogP contribution in [0.25, 0.3) is 0 Å². The number of aliphatic carboxylic acids is 1. The monoisotopic (exact) mass is 304 g/mol. The Balaban J connectivity index is 2.22. The summed E-state index contributed by atoms with van der Waals surface area (Å²) in [6.45, 7) is 11.6. The van der Waals surface area contributed by atoms with Crippen molar-refractivity contribution in [1.82, 2.24) is 0 Å². The molecule has 0 unspecified atom stereocenters. The number of carboxylic acid groups (broad SMARTS) is 1. The van der Waals surface area contributed by atoms with E-state index >= 15 is 0 Å². The molecular formula is C20H32O2. The van der Waals surface area contributed by atoms with E-state index in [-0.39, 0.29) is 0 Å². The number of rotatable bonds is 4. The lowest BCUT2D eigenvalue weighted by atomic mass is 9.47. The Morgan fingerprint density at radius 3 is 2.73 bits per heavy atom. The lowest BCUT2D eigenvalue weighted by Crippen LogP contribution is -2.49. The maximum Gasteiger partial charge on any atom is 0.328 e. The van der Waals surface area contributed by atoms with Gasteiger partial charge in [-0.15, -0.1) is 0 Å². The van der Waals surface area contributed by atoms with Crippen LogP contribution in [0.1, 0.15) is 73.1 Å². The molecule has 2 rings (SSSR count). The van der Waals surface area contributed by atoms with Crippen molar-refractivity contribution in [2.75, 3.05) is 0 Å². The van der Waals surface area contributed by atoms with E-state index in [0.29, 0.717) is 16.7 Å².